The molecule has 0 radical (unpaired) electrons. The van der Waals surface area contributed by atoms with Crippen LogP contribution in [0, 0.1) is 25.2 Å². The Balaban J connectivity index is 1.53. The van der Waals surface area contributed by atoms with Crippen LogP contribution in [0.2, 0.25) is 5.02 Å². The molecule has 0 saturated carbocycles. The number of aryl methyl sites for hydroxylation is 2. The lowest BCUT2D eigenvalue weighted by molar-refractivity contribution is 0.807. The number of pyridine rings is 1. The maximum Gasteiger partial charge on any atom is 0.170 e. The average Bonchev–Trinajstić information content (AvgIpc) is 2.70. The van der Waals surface area contributed by atoms with Crippen LogP contribution in [0.15, 0.2) is 42.5 Å². The molecule has 3 N–H and O–H groups in total. The number of rotatable bonds is 6. The van der Waals surface area contributed by atoms with E-state index in [9.17, 15) is 5.26 Å². The highest BCUT2D eigenvalue weighted by molar-refractivity contribution is 7.80. The van der Waals surface area contributed by atoms with Gasteiger partial charge >= 0.3 is 0 Å². The van der Waals surface area contributed by atoms with Crippen LogP contribution in [0.5, 0.6) is 0 Å². The quantitative estimate of drug-likeness (QED) is 0.375. The smallest absolute Gasteiger partial charge is 0.170 e. The van der Waals surface area contributed by atoms with E-state index in [0.717, 1.165) is 28.6 Å². The molecule has 0 aliphatic heterocycles. The lowest BCUT2D eigenvalue weighted by atomic mass is 10.0. The van der Waals surface area contributed by atoms with Crippen molar-refractivity contribution in [3.63, 3.8) is 0 Å². The van der Waals surface area contributed by atoms with Gasteiger partial charge in [0.15, 0.2) is 5.11 Å². The van der Waals surface area contributed by atoms with Gasteiger partial charge in [0.1, 0.15) is 11.9 Å². The lowest BCUT2D eigenvalue weighted by Gasteiger charge is -2.13. The lowest BCUT2D eigenvalue weighted by Crippen LogP contribution is -2.30. The van der Waals surface area contributed by atoms with Gasteiger partial charge in [-0.05, 0) is 67.9 Å². The van der Waals surface area contributed by atoms with Crippen LogP contribution >= 0.6 is 23.8 Å². The van der Waals surface area contributed by atoms with Crippen LogP contribution in [-0.2, 0) is 0 Å². The summed E-state index contributed by atoms with van der Waals surface area (Å²) >= 11 is 11.3. The van der Waals surface area contributed by atoms with Crippen molar-refractivity contribution < 1.29 is 0 Å². The summed E-state index contributed by atoms with van der Waals surface area (Å²) in [5.74, 6) is 0.619. The molecule has 3 rings (SSSR count). The predicted octanol–water partition coefficient (Wildman–Crippen LogP) is 5.17. The van der Waals surface area contributed by atoms with E-state index >= 15 is 0 Å². The highest BCUT2D eigenvalue weighted by atomic mass is 35.5. The Morgan fingerprint density at radius 2 is 2.00 bits per heavy atom. The van der Waals surface area contributed by atoms with Gasteiger partial charge in [-0.1, -0.05) is 29.8 Å². The summed E-state index contributed by atoms with van der Waals surface area (Å²) in [5, 5.41) is 21.2. The zero-order valence-corrected chi connectivity index (χ0v) is 17.9. The molecule has 0 amide bonds. The third-order valence-corrected chi connectivity index (χ3v) is 5.13. The average molecular weight is 424 g/mol. The van der Waals surface area contributed by atoms with Gasteiger partial charge in [-0.2, -0.15) is 5.26 Å². The Kier molecular flexibility index (Phi) is 6.86. The van der Waals surface area contributed by atoms with E-state index in [1.54, 1.807) is 0 Å². The second kappa shape index (κ2) is 9.55. The summed E-state index contributed by atoms with van der Waals surface area (Å²) in [6.45, 7) is 5.48. The third-order valence-electron chi connectivity index (χ3n) is 4.65. The Morgan fingerprint density at radius 1 is 1.17 bits per heavy atom. The predicted molar refractivity (Wildman–Crippen MR) is 125 cm³/mol. The van der Waals surface area contributed by atoms with E-state index in [1.807, 2.05) is 36.4 Å². The summed E-state index contributed by atoms with van der Waals surface area (Å²) < 4.78 is 0. The van der Waals surface area contributed by atoms with E-state index < -0.39 is 0 Å². The maximum absolute atomic E-state index is 9.46. The standard InChI is InChI=1S/C22H22ClN5S/c1-14-7-8-16-11-17(13-24)21(28-20(16)15(14)2)25-9-4-10-26-22(29)27-19-6-3-5-18(23)12-19/h3,5-8,11-12H,4,9-10H2,1-2H3,(H,25,28)(H2,26,27,29). The number of halogens is 1. The minimum atomic E-state index is 0.542. The second-order valence-corrected chi connectivity index (χ2v) is 7.59. The van der Waals surface area contributed by atoms with Gasteiger partial charge in [0.2, 0.25) is 0 Å². The molecule has 1 aromatic heterocycles. The highest BCUT2D eigenvalue weighted by Gasteiger charge is 2.09. The Bertz CT molecular complexity index is 1090. The first-order valence-corrected chi connectivity index (χ1v) is 10.1. The first kappa shape index (κ1) is 20.8. The van der Waals surface area contributed by atoms with E-state index in [4.69, 9.17) is 28.8 Å². The molecule has 29 heavy (non-hydrogen) atoms. The molecule has 0 saturated heterocycles. The minimum absolute atomic E-state index is 0.542. The molecule has 0 bridgehead atoms. The molecular weight excluding hydrogens is 402 g/mol. The van der Waals surface area contributed by atoms with E-state index in [2.05, 4.69) is 41.9 Å². The fourth-order valence-corrected chi connectivity index (χ4v) is 3.35. The minimum Gasteiger partial charge on any atom is -0.369 e. The molecule has 0 spiro atoms. The van der Waals surface area contributed by atoms with Crippen molar-refractivity contribution >= 4 is 51.3 Å². The molecule has 5 nitrogen and oxygen atoms in total. The van der Waals surface area contributed by atoms with Crippen molar-refractivity contribution in [2.45, 2.75) is 20.3 Å². The van der Waals surface area contributed by atoms with Crippen LogP contribution in [0.3, 0.4) is 0 Å². The maximum atomic E-state index is 9.46. The summed E-state index contributed by atoms with van der Waals surface area (Å²) in [6, 6.07) is 15.6. The van der Waals surface area contributed by atoms with Crippen LogP contribution in [-0.4, -0.2) is 23.2 Å². The van der Waals surface area contributed by atoms with Gasteiger partial charge in [-0.15, -0.1) is 0 Å². The Hall–Kier alpha value is -2.88. The molecule has 0 aliphatic rings. The number of hydrogen-bond acceptors (Lipinski definition) is 4. The van der Waals surface area contributed by atoms with Crippen molar-refractivity contribution in [1.29, 1.82) is 5.26 Å². The number of nitrogens with zero attached hydrogens (tertiary/aromatic N) is 2. The fourth-order valence-electron chi connectivity index (χ4n) is 2.94. The zero-order chi connectivity index (χ0) is 20.8. The van der Waals surface area contributed by atoms with Crippen LogP contribution in [0.1, 0.15) is 23.1 Å². The molecule has 7 heteroatoms. The van der Waals surface area contributed by atoms with Crippen molar-refractivity contribution in [3.8, 4) is 6.07 Å². The molecule has 0 atom stereocenters. The number of fused-ring (bicyclic) bond motifs is 1. The Morgan fingerprint density at radius 3 is 2.76 bits per heavy atom. The molecular formula is C22H22ClN5S. The summed E-state index contributed by atoms with van der Waals surface area (Å²) in [5.41, 5.74) is 4.64. The number of hydrogen-bond donors (Lipinski definition) is 3. The summed E-state index contributed by atoms with van der Waals surface area (Å²) in [6.07, 6.45) is 0.814. The topological polar surface area (TPSA) is 72.8 Å². The Labute approximate surface area is 181 Å². The highest BCUT2D eigenvalue weighted by Crippen LogP contribution is 2.24. The van der Waals surface area contributed by atoms with Crippen molar-refractivity contribution in [2.75, 3.05) is 23.7 Å². The molecule has 0 unspecified atom stereocenters. The number of aromatic nitrogens is 1. The van der Waals surface area contributed by atoms with Gasteiger partial charge in [0.05, 0.1) is 11.1 Å². The van der Waals surface area contributed by atoms with Gasteiger partial charge < -0.3 is 16.0 Å². The summed E-state index contributed by atoms with van der Waals surface area (Å²) in [4.78, 5) is 4.70. The largest absolute Gasteiger partial charge is 0.369 e. The van der Waals surface area contributed by atoms with Gasteiger partial charge in [0.25, 0.3) is 0 Å². The SMILES string of the molecule is Cc1ccc2cc(C#N)c(NCCCNC(=S)Nc3cccc(Cl)c3)nc2c1C. The second-order valence-electron chi connectivity index (χ2n) is 6.75. The van der Waals surface area contributed by atoms with E-state index in [1.165, 1.54) is 5.56 Å². The summed E-state index contributed by atoms with van der Waals surface area (Å²) in [7, 11) is 0. The van der Waals surface area contributed by atoms with Gasteiger partial charge in [-0.3, -0.25) is 0 Å². The third kappa shape index (κ3) is 5.35. The van der Waals surface area contributed by atoms with Gasteiger partial charge in [0, 0.05) is 29.2 Å². The van der Waals surface area contributed by atoms with Crippen LogP contribution in [0.25, 0.3) is 10.9 Å². The molecule has 3 aromatic rings. The molecule has 1 heterocycles. The van der Waals surface area contributed by atoms with Crippen molar-refractivity contribution in [1.82, 2.24) is 10.3 Å². The number of nitriles is 1. The first-order valence-electron chi connectivity index (χ1n) is 9.33. The molecule has 148 valence electrons. The number of anilines is 2. The number of benzene rings is 2. The van der Waals surface area contributed by atoms with Crippen LogP contribution in [0.4, 0.5) is 11.5 Å². The zero-order valence-electron chi connectivity index (χ0n) is 16.3. The van der Waals surface area contributed by atoms with E-state index in [0.29, 0.717) is 34.6 Å². The molecule has 0 aliphatic carbocycles. The first-order chi connectivity index (χ1) is 14.0. The van der Waals surface area contributed by atoms with Crippen molar-refractivity contribution in [3.05, 3.63) is 64.2 Å². The monoisotopic (exact) mass is 423 g/mol. The number of thiocarbonyl (C=S) groups is 1. The normalized spacial score (nSPS) is 10.4. The number of nitrogens with one attached hydrogen (secondary N) is 3. The van der Waals surface area contributed by atoms with E-state index in [-0.39, 0.29) is 0 Å². The fraction of sp³-hybridized carbons (Fsp3) is 0.227. The van der Waals surface area contributed by atoms with Gasteiger partial charge in [-0.25, -0.2) is 4.98 Å². The van der Waals surface area contributed by atoms with Crippen molar-refractivity contribution in [2.24, 2.45) is 0 Å². The molecule has 0 fully saturated rings. The van der Waals surface area contributed by atoms with Crippen LogP contribution < -0.4 is 16.0 Å². The molecule has 2 aromatic carbocycles.